The Morgan fingerprint density at radius 3 is 2.82 bits per heavy atom. The van der Waals surface area contributed by atoms with Crippen molar-refractivity contribution in [1.29, 1.82) is 0 Å². The molecule has 0 amide bonds. The SMILES string of the molecule is COc1ccccc1Cn1cc(C(C)O)nn1. The zero-order valence-electron chi connectivity index (χ0n) is 9.87. The fourth-order valence-corrected chi connectivity index (χ4v) is 1.59. The van der Waals surface area contributed by atoms with Crippen LogP contribution in [0.3, 0.4) is 0 Å². The van der Waals surface area contributed by atoms with E-state index in [0.717, 1.165) is 11.3 Å². The van der Waals surface area contributed by atoms with Gasteiger partial charge in [0.2, 0.25) is 0 Å². The van der Waals surface area contributed by atoms with E-state index in [1.807, 2.05) is 24.3 Å². The molecule has 0 saturated carbocycles. The predicted octanol–water partition coefficient (Wildman–Crippen LogP) is 1.39. The molecule has 1 N–H and O–H groups in total. The number of benzene rings is 1. The maximum Gasteiger partial charge on any atom is 0.123 e. The zero-order chi connectivity index (χ0) is 12.3. The molecular formula is C12H15N3O2. The van der Waals surface area contributed by atoms with Gasteiger partial charge in [0, 0.05) is 5.56 Å². The lowest BCUT2D eigenvalue weighted by Gasteiger charge is -2.07. The van der Waals surface area contributed by atoms with Crippen LogP contribution < -0.4 is 4.74 Å². The molecule has 1 aromatic carbocycles. The predicted molar refractivity (Wildman–Crippen MR) is 62.8 cm³/mol. The van der Waals surface area contributed by atoms with E-state index >= 15 is 0 Å². The maximum absolute atomic E-state index is 9.36. The van der Waals surface area contributed by atoms with Gasteiger partial charge in [-0.3, -0.25) is 0 Å². The minimum absolute atomic E-state index is 0.569. The third kappa shape index (κ3) is 2.62. The second-order valence-corrected chi connectivity index (χ2v) is 3.83. The van der Waals surface area contributed by atoms with Crippen molar-refractivity contribution in [3.8, 4) is 5.75 Å². The van der Waals surface area contributed by atoms with Crippen molar-refractivity contribution < 1.29 is 9.84 Å². The smallest absolute Gasteiger partial charge is 0.123 e. The molecule has 1 unspecified atom stereocenters. The minimum atomic E-state index is -0.596. The summed E-state index contributed by atoms with van der Waals surface area (Å²) in [4.78, 5) is 0. The summed E-state index contributed by atoms with van der Waals surface area (Å²) < 4.78 is 6.94. The molecule has 0 saturated heterocycles. The summed E-state index contributed by atoms with van der Waals surface area (Å²) in [5.41, 5.74) is 1.59. The third-order valence-corrected chi connectivity index (χ3v) is 2.51. The molecule has 1 atom stereocenters. The van der Waals surface area contributed by atoms with Gasteiger partial charge in [-0.05, 0) is 13.0 Å². The Hall–Kier alpha value is -1.88. The first-order valence-corrected chi connectivity index (χ1v) is 5.40. The van der Waals surface area contributed by atoms with Gasteiger partial charge in [-0.15, -0.1) is 5.10 Å². The summed E-state index contributed by atoms with van der Waals surface area (Å²) in [5, 5.41) is 17.2. The van der Waals surface area contributed by atoms with Crippen molar-refractivity contribution in [3.63, 3.8) is 0 Å². The van der Waals surface area contributed by atoms with Gasteiger partial charge in [-0.2, -0.15) is 0 Å². The van der Waals surface area contributed by atoms with Gasteiger partial charge in [0.15, 0.2) is 0 Å². The number of nitrogens with zero attached hydrogens (tertiary/aromatic N) is 3. The third-order valence-electron chi connectivity index (χ3n) is 2.51. The molecule has 0 radical (unpaired) electrons. The van der Waals surface area contributed by atoms with Crippen molar-refractivity contribution in [2.75, 3.05) is 7.11 Å². The lowest BCUT2D eigenvalue weighted by Crippen LogP contribution is -2.02. The number of ether oxygens (including phenoxy) is 1. The molecule has 5 nitrogen and oxygen atoms in total. The van der Waals surface area contributed by atoms with Crippen LogP contribution in [0.4, 0.5) is 0 Å². The molecule has 17 heavy (non-hydrogen) atoms. The molecule has 5 heteroatoms. The first kappa shape index (κ1) is 11.6. The first-order chi connectivity index (χ1) is 8.20. The van der Waals surface area contributed by atoms with Gasteiger partial charge in [-0.1, -0.05) is 23.4 Å². The van der Waals surface area contributed by atoms with E-state index < -0.39 is 6.10 Å². The fourth-order valence-electron chi connectivity index (χ4n) is 1.59. The largest absolute Gasteiger partial charge is 0.496 e. The number of para-hydroxylation sites is 1. The highest BCUT2D eigenvalue weighted by molar-refractivity contribution is 5.33. The fraction of sp³-hybridized carbons (Fsp3) is 0.333. The Morgan fingerprint density at radius 2 is 2.18 bits per heavy atom. The average Bonchev–Trinajstić information content (AvgIpc) is 2.78. The van der Waals surface area contributed by atoms with Gasteiger partial charge in [0.05, 0.1) is 26.0 Å². The van der Waals surface area contributed by atoms with Crippen LogP contribution in [-0.2, 0) is 6.54 Å². The van der Waals surface area contributed by atoms with Crippen molar-refractivity contribution in [2.45, 2.75) is 19.6 Å². The second-order valence-electron chi connectivity index (χ2n) is 3.83. The molecule has 0 aliphatic rings. The van der Waals surface area contributed by atoms with Crippen LogP contribution in [0.15, 0.2) is 30.5 Å². The van der Waals surface area contributed by atoms with Crippen LogP contribution in [0, 0.1) is 0 Å². The van der Waals surface area contributed by atoms with E-state index in [-0.39, 0.29) is 0 Å². The topological polar surface area (TPSA) is 60.2 Å². The van der Waals surface area contributed by atoms with E-state index in [4.69, 9.17) is 4.74 Å². The van der Waals surface area contributed by atoms with E-state index in [9.17, 15) is 5.11 Å². The van der Waals surface area contributed by atoms with Crippen LogP contribution in [0.25, 0.3) is 0 Å². The molecule has 0 fully saturated rings. The van der Waals surface area contributed by atoms with Gasteiger partial charge < -0.3 is 9.84 Å². The van der Waals surface area contributed by atoms with Gasteiger partial charge in [0.25, 0.3) is 0 Å². The van der Waals surface area contributed by atoms with Crippen LogP contribution >= 0.6 is 0 Å². The summed E-state index contributed by atoms with van der Waals surface area (Å²) in [6.07, 6.45) is 1.14. The highest BCUT2D eigenvalue weighted by Crippen LogP contribution is 2.18. The monoisotopic (exact) mass is 233 g/mol. The first-order valence-electron chi connectivity index (χ1n) is 5.40. The van der Waals surface area contributed by atoms with Crippen LogP contribution in [0.2, 0.25) is 0 Å². The molecule has 0 bridgehead atoms. The molecule has 0 aliphatic carbocycles. The normalized spacial score (nSPS) is 12.4. The highest BCUT2D eigenvalue weighted by Gasteiger charge is 2.08. The minimum Gasteiger partial charge on any atom is -0.496 e. The lowest BCUT2D eigenvalue weighted by atomic mass is 10.2. The van der Waals surface area contributed by atoms with Crippen molar-refractivity contribution in [2.24, 2.45) is 0 Å². The van der Waals surface area contributed by atoms with Crippen molar-refractivity contribution in [1.82, 2.24) is 15.0 Å². The summed E-state index contributed by atoms with van der Waals surface area (Å²) in [6.45, 7) is 2.24. The molecule has 1 heterocycles. The summed E-state index contributed by atoms with van der Waals surface area (Å²) in [5.74, 6) is 0.821. The summed E-state index contributed by atoms with van der Waals surface area (Å²) >= 11 is 0. The summed E-state index contributed by atoms with van der Waals surface area (Å²) in [6, 6.07) is 7.75. The Kier molecular flexibility index (Phi) is 3.39. The number of aromatic nitrogens is 3. The summed E-state index contributed by atoms with van der Waals surface area (Å²) in [7, 11) is 1.64. The van der Waals surface area contributed by atoms with Crippen LogP contribution in [0.5, 0.6) is 5.75 Å². The molecule has 2 aromatic rings. The van der Waals surface area contributed by atoms with Crippen molar-refractivity contribution in [3.05, 3.63) is 41.7 Å². The molecule has 90 valence electrons. The molecule has 2 rings (SSSR count). The number of aliphatic hydroxyl groups excluding tert-OH is 1. The Balaban J connectivity index is 2.19. The Bertz CT molecular complexity index is 494. The number of aliphatic hydroxyl groups is 1. The Labute approximate surface area is 99.7 Å². The molecular weight excluding hydrogens is 218 g/mol. The highest BCUT2D eigenvalue weighted by atomic mass is 16.5. The molecule has 1 aromatic heterocycles. The van der Waals surface area contributed by atoms with E-state index in [2.05, 4.69) is 10.3 Å². The van der Waals surface area contributed by atoms with Crippen LogP contribution in [-0.4, -0.2) is 27.2 Å². The Morgan fingerprint density at radius 1 is 1.41 bits per heavy atom. The average molecular weight is 233 g/mol. The zero-order valence-corrected chi connectivity index (χ0v) is 9.87. The molecule has 0 aliphatic heterocycles. The number of hydrogen-bond donors (Lipinski definition) is 1. The number of methoxy groups -OCH3 is 1. The quantitative estimate of drug-likeness (QED) is 0.866. The van der Waals surface area contributed by atoms with Gasteiger partial charge >= 0.3 is 0 Å². The van der Waals surface area contributed by atoms with E-state index in [1.165, 1.54) is 0 Å². The lowest BCUT2D eigenvalue weighted by molar-refractivity contribution is 0.194. The van der Waals surface area contributed by atoms with Crippen LogP contribution in [0.1, 0.15) is 24.3 Å². The number of rotatable bonds is 4. The van der Waals surface area contributed by atoms with Gasteiger partial charge in [0.1, 0.15) is 11.4 Å². The second kappa shape index (κ2) is 4.97. The standard InChI is InChI=1S/C12H15N3O2/c1-9(16)11-8-15(14-13-11)7-10-5-3-4-6-12(10)17-2/h3-6,8-9,16H,7H2,1-2H3. The maximum atomic E-state index is 9.36. The number of hydrogen-bond acceptors (Lipinski definition) is 4. The molecule has 0 spiro atoms. The van der Waals surface area contributed by atoms with E-state index in [0.29, 0.717) is 12.2 Å². The van der Waals surface area contributed by atoms with E-state index in [1.54, 1.807) is 24.9 Å². The van der Waals surface area contributed by atoms with Crippen molar-refractivity contribution >= 4 is 0 Å². The van der Waals surface area contributed by atoms with Gasteiger partial charge in [-0.25, -0.2) is 4.68 Å².